The Labute approximate surface area is 139 Å². The van der Waals surface area contributed by atoms with E-state index in [1.54, 1.807) is 17.5 Å². The van der Waals surface area contributed by atoms with E-state index in [-0.39, 0.29) is 11.8 Å². The molecule has 3 heterocycles. The van der Waals surface area contributed by atoms with E-state index in [9.17, 15) is 4.79 Å². The van der Waals surface area contributed by atoms with Crippen LogP contribution in [-0.4, -0.2) is 20.7 Å². The zero-order chi connectivity index (χ0) is 16.4. The lowest BCUT2D eigenvalue weighted by molar-refractivity contribution is -0.120. The summed E-state index contributed by atoms with van der Waals surface area (Å²) in [4.78, 5) is 17.9. The summed E-state index contributed by atoms with van der Waals surface area (Å²) in [7, 11) is 1.91. The van der Waals surface area contributed by atoms with Crippen LogP contribution in [0.2, 0.25) is 0 Å². The fourth-order valence-electron chi connectivity index (χ4n) is 2.92. The van der Waals surface area contributed by atoms with Gasteiger partial charge in [0.05, 0.1) is 10.2 Å². The van der Waals surface area contributed by atoms with Crippen LogP contribution in [0.25, 0.3) is 20.4 Å². The second kappa shape index (κ2) is 6.66. The van der Waals surface area contributed by atoms with Gasteiger partial charge in [-0.15, -0.1) is 11.3 Å². The van der Waals surface area contributed by atoms with Gasteiger partial charge in [-0.2, -0.15) is 5.10 Å². The molecule has 0 aliphatic carbocycles. The molecule has 0 aliphatic rings. The van der Waals surface area contributed by atoms with Crippen LogP contribution in [-0.2, 0) is 11.8 Å². The van der Waals surface area contributed by atoms with Crippen molar-refractivity contribution < 1.29 is 4.79 Å². The number of anilines is 1. The highest BCUT2D eigenvalue weighted by atomic mass is 32.1. The van der Waals surface area contributed by atoms with Gasteiger partial charge in [-0.05, 0) is 25.0 Å². The normalized spacial score (nSPS) is 12.8. The molecule has 122 valence electrons. The Balaban J connectivity index is 1.92. The fraction of sp³-hybridized carbons (Fsp3) is 0.471. The maximum Gasteiger partial charge on any atom is 0.228 e. The average Bonchev–Trinajstić information content (AvgIpc) is 3.07. The first-order valence-corrected chi connectivity index (χ1v) is 8.98. The van der Waals surface area contributed by atoms with Crippen molar-refractivity contribution in [1.29, 1.82) is 0 Å². The topological polar surface area (TPSA) is 59.8 Å². The molecule has 0 radical (unpaired) electrons. The second-order valence-corrected chi connectivity index (χ2v) is 6.84. The third-order valence-corrected chi connectivity index (χ3v) is 5.35. The predicted octanol–water partition coefficient (Wildman–Crippen LogP) is 4.34. The van der Waals surface area contributed by atoms with Gasteiger partial charge in [0, 0.05) is 24.5 Å². The van der Waals surface area contributed by atoms with Gasteiger partial charge >= 0.3 is 0 Å². The molecule has 0 bridgehead atoms. The van der Waals surface area contributed by atoms with Crippen LogP contribution in [0.1, 0.15) is 39.5 Å². The average molecular weight is 330 g/mol. The Hall–Kier alpha value is -1.95. The number of aryl methyl sites for hydroxylation is 1. The first-order valence-electron chi connectivity index (χ1n) is 8.16. The zero-order valence-corrected chi connectivity index (χ0v) is 14.6. The summed E-state index contributed by atoms with van der Waals surface area (Å²) >= 11 is 1.58. The lowest BCUT2D eigenvalue weighted by atomic mass is 9.98. The van der Waals surface area contributed by atoms with Gasteiger partial charge in [-0.25, -0.2) is 4.98 Å². The van der Waals surface area contributed by atoms with Crippen molar-refractivity contribution in [2.45, 2.75) is 39.5 Å². The lowest BCUT2D eigenvalue weighted by Crippen LogP contribution is -2.22. The van der Waals surface area contributed by atoms with Crippen molar-refractivity contribution >= 4 is 43.5 Å². The number of hydrogen-bond donors (Lipinski definition) is 1. The van der Waals surface area contributed by atoms with Crippen LogP contribution < -0.4 is 5.32 Å². The first-order chi connectivity index (χ1) is 11.2. The van der Waals surface area contributed by atoms with Gasteiger partial charge < -0.3 is 5.32 Å². The third-order valence-electron chi connectivity index (χ3n) is 4.24. The predicted molar refractivity (Wildman–Crippen MR) is 95.8 cm³/mol. The molecule has 3 aromatic rings. The number of amides is 1. The highest BCUT2D eigenvalue weighted by Crippen LogP contribution is 2.36. The van der Waals surface area contributed by atoms with E-state index in [1.165, 1.54) is 0 Å². The monoisotopic (exact) mass is 330 g/mol. The van der Waals surface area contributed by atoms with Crippen LogP contribution in [0.5, 0.6) is 0 Å². The Bertz CT molecular complexity index is 836. The standard InChI is InChI=1S/C17H22N4OS/c1-4-6-8-11(5-2)16(22)19-15-14-13(21(3)20-15)12-9-7-10-18-17(12)23-14/h7,9-11H,4-6,8H2,1-3H3,(H,19,20,22). The molecular weight excluding hydrogens is 308 g/mol. The lowest BCUT2D eigenvalue weighted by Gasteiger charge is -2.13. The molecule has 3 rings (SSSR count). The number of aromatic nitrogens is 3. The van der Waals surface area contributed by atoms with Crippen LogP contribution in [0, 0.1) is 5.92 Å². The van der Waals surface area contributed by atoms with Crippen molar-refractivity contribution in [3.63, 3.8) is 0 Å². The van der Waals surface area contributed by atoms with Crippen molar-refractivity contribution in [1.82, 2.24) is 14.8 Å². The van der Waals surface area contributed by atoms with E-state index in [2.05, 4.69) is 29.2 Å². The molecule has 6 heteroatoms. The molecule has 0 spiro atoms. The smallest absolute Gasteiger partial charge is 0.228 e. The van der Waals surface area contributed by atoms with Gasteiger partial charge in [0.25, 0.3) is 0 Å². The molecule has 0 saturated carbocycles. The van der Waals surface area contributed by atoms with Gasteiger partial charge in [0.1, 0.15) is 4.83 Å². The van der Waals surface area contributed by atoms with Crippen molar-refractivity contribution in [2.75, 3.05) is 5.32 Å². The highest BCUT2D eigenvalue weighted by molar-refractivity contribution is 7.26. The van der Waals surface area contributed by atoms with E-state index < -0.39 is 0 Å². The minimum atomic E-state index is 0.0551. The zero-order valence-electron chi connectivity index (χ0n) is 13.8. The first kappa shape index (κ1) is 15.9. The fourth-order valence-corrected chi connectivity index (χ4v) is 4.03. The molecule has 3 aromatic heterocycles. The molecule has 1 amide bonds. The number of carbonyl (C=O) groups excluding carboxylic acids is 1. The number of fused-ring (bicyclic) bond motifs is 3. The maximum absolute atomic E-state index is 12.5. The van der Waals surface area contributed by atoms with E-state index >= 15 is 0 Å². The largest absolute Gasteiger partial charge is 0.308 e. The quantitative estimate of drug-likeness (QED) is 0.731. The number of nitrogens with one attached hydrogen (secondary N) is 1. The van der Waals surface area contributed by atoms with Crippen LogP contribution in [0.3, 0.4) is 0 Å². The Morgan fingerprint density at radius 1 is 1.43 bits per heavy atom. The number of pyridine rings is 1. The molecule has 1 atom stereocenters. The summed E-state index contributed by atoms with van der Waals surface area (Å²) in [5.74, 6) is 0.788. The van der Waals surface area contributed by atoms with Crippen LogP contribution in [0.4, 0.5) is 5.82 Å². The van der Waals surface area contributed by atoms with Crippen molar-refractivity contribution in [3.05, 3.63) is 18.3 Å². The number of unbranched alkanes of at least 4 members (excludes halogenated alkanes) is 1. The number of rotatable bonds is 6. The number of hydrogen-bond acceptors (Lipinski definition) is 4. The molecular formula is C17H22N4OS. The summed E-state index contributed by atoms with van der Waals surface area (Å²) in [6, 6.07) is 3.97. The van der Waals surface area contributed by atoms with E-state index in [0.29, 0.717) is 5.82 Å². The van der Waals surface area contributed by atoms with Gasteiger partial charge in [-0.3, -0.25) is 9.48 Å². The van der Waals surface area contributed by atoms with Gasteiger partial charge in [-0.1, -0.05) is 26.7 Å². The number of carbonyl (C=O) groups is 1. The Morgan fingerprint density at radius 3 is 3.00 bits per heavy atom. The number of thiophene rings is 1. The van der Waals surface area contributed by atoms with E-state index in [0.717, 1.165) is 46.1 Å². The second-order valence-electron chi connectivity index (χ2n) is 5.84. The minimum absolute atomic E-state index is 0.0551. The summed E-state index contributed by atoms with van der Waals surface area (Å²) in [6.07, 6.45) is 5.77. The molecule has 0 fully saturated rings. The molecule has 23 heavy (non-hydrogen) atoms. The summed E-state index contributed by atoms with van der Waals surface area (Å²) in [5.41, 5.74) is 1.04. The molecule has 0 aliphatic heterocycles. The van der Waals surface area contributed by atoms with Crippen molar-refractivity contribution in [3.8, 4) is 0 Å². The highest BCUT2D eigenvalue weighted by Gasteiger charge is 2.21. The van der Waals surface area contributed by atoms with Gasteiger partial charge in [0.2, 0.25) is 5.91 Å². The third kappa shape index (κ3) is 2.95. The SMILES string of the molecule is CCCCC(CC)C(=O)Nc1nn(C)c2c1sc1ncccc12. The van der Waals surface area contributed by atoms with Crippen molar-refractivity contribution in [2.24, 2.45) is 13.0 Å². The maximum atomic E-state index is 12.5. The summed E-state index contributed by atoms with van der Waals surface area (Å²) in [6.45, 7) is 4.22. The number of nitrogens with zero attached hydrogens (tertiary/aromatic N) is 3. The molecule has 5 nitrogen and oxygen atoms in total. The Morgan fingerprint density at radius 2 is 2.26 bits per heavy atom. The molecule has 1 unspecified atom stereocenters. The summed E-state index contributed by atoms with van der Waals surface area (Å²) < 4.78 is 2.83. The van der Waals surface area contributed by atoms with Gasteiger partial charge in [0.15, 0.2) is 5.82 Å². The molecule has 1 N–H and O–H groups in total. The molecule has 0 aromatic carbocycles. The summed E-state index contributed by atoms with van der Waals surface area (Å²) in [5, 5.41) is 8.63. The van der Waals surface area contributed by atoms with Crippen LogP contribution >= 0.6 is 11.3 Å². The Kier molecular flexibility index (Phi) is 4.61. The molecule has 0 saturated heterocycles. The van der Waals surface area contributed by atoms with Crippen LogP contribution in [0.15, 0.2) is 18.3 Å². The van der Waals surface area contributed by atoms with E-state index in [4.69, 9.17) is 0 Å². The minimum Gasteiger partial charge on any atom is -0.308 e. The van der Waals surface area contributed by atoms with E-state index in [1.807, 2.05) is 23.9 Å².